The van der Waals surface area contributed by atoms with E-state index in [-0.39, 0.29) is 11.8 Å². The second kappa shape index (κ2) is 5.28. The van der Waals surface area contributed by atoms with Crippen LogP contribution in [0.4, 0.5) is 0 Å². The highest BCUT2D eigenvalue weighted by molar-refractivity contribution is 5.82. The van der Waals surface area contributed by atoms with Crippen LogP contribution in [0.3, 0.4) is 0 Å². The molecule has 2 heteroatoms. The van der Waals surface area contributed by atoms with Gasteiger partial charge in [-0.2, -0.15) is 0 Å². The molecule has 0 aromatic rings. The molecule has 0 heterocycles. The number of aldehydes is 1. The molecule has 0 aliphatic heterocycles. The van der Waals surface area contributed by atoms with Crippen LogP contribution in [0.25, 0.3) is 0 Å². The Labute approximate surface area is 86.1 Å². The van der Waals surface area contributed by atoms with Gasteiger partial charge in [0, 0.05) is 18.3 Å². The third-order valence-corrected chi connectivity index (χ3v) is 3.40. The van der Waals surface area contributed by atoms with Gasteiger partial charge >= 0.3 is 0 Å². The van der Waals surface area contributed by atoms with Gasteiger partial charge in [-0.05, 0) is 25.2 Å². The molecule has 0 saturated heterocycles. The monoisotopic (exact) mass is 196 g/mol. The summed E-state index contributed by atoms with van der Waals surface area (Å²) in [6.45, 7) is 4.04. The van der Waals surface area contributed by atoms with Crippen LogP contribution in [0.2, 0.25) is 0 Å². The average molecular weight is 196 g/mol. The molecule has 0 aromatic carbocycles. The fourth-order valence-corrected chi connectivity index (χ4v) is 2.32. The first-order chi connectivity index (χ1) is 6.69. The van der Waals surface area contributed by atoms with E-state index in [4.69, 9.17) is 0 Å². The summed E-state index contributed by atoms with van der Waals surface area (Å²) >= 11 is 0. The van der Waals surface area contributed by atoms with Crippen LogP contribution in [0.1, 0.15) is 46.0 Å². The van der Waals surface area contributed by atoms with Crippen LogP contribution >= 0.6 is 0 Å². The summed E-state index contributed by atoms with van der Waals surface area (Å²) in [5, 5.41) is 0. The molecule has 0 radical (unpaired) electrons. The third kappa shape index (κ3) is 2.66. The minimum atomic E-state index is 0.0570. The van der Waals surface area contributed by atoms with Crippen molar-refractivity contribution in [3.05, 3.63) is 0 Å². The summed E-state index contributed by atoms with van der Waals surface area (Å²) in [6, 6.07) is 0. The SMILES string of the molecule is CCCC1CCC(C(C)C=O)CC1=O. The Balaban J connectivity index is 2.46. The van der Waals surface area contributed by atoms with Crippen LogP contribution in [-0.2, 0) is 9.59 Å². The molecular formula is C12H20O2. The molecule has 0 amide bonds. The number of ketones is 1. The fourth-order valence-electron chi connectivity index (χ4n) is 2.32. The third-order valence-electron chi connectivity index (χ3n) is 3.40. The van der Waals surface area contributed by atoms with Gasteiger partial charge in [0.15, 0.2) is 0 Å². The molecule has 1 aliphatic rings. The van der Waals surface area contributed by atoms with Crippen molar-refractivity contribution in [3.63, 3.8) is 0 Å². The second-order valence-electron chi connectivity index (χ2n) is 4.49. The zero-order valence-corrected chi connectivity index (χ0v) is 9.16. The van der Waals surface area contributed by atoms with Gasteiger partial charge in [0.05, 0.1) is 0 Å². The van der Waals surface area contributed by atoms with Crippen molar-refractivity contribution in [1.29, 1.82) is 0 Å². The van der Waals surface area contributed by atoms with Crippen molar-refractivity contribution in [3.8, 4) is 0 Å². The van der Waals surface area contributed by atoms with E-state index in [1.54, 1.807) is 0 Å². The van der Waals surface area contributed by atoms with Crippen molar-refractivity contribution < 1.29 is 9.59 Å². The smallest absolute Gasteiger partial charge is 0.136 e. The van der Waals surface area contributed by atoms with Crippen LogP contribution in [0.15, 0.2) is 0 Å². The van der Waals surface area contributed by atoms with E-state index in [1.807, 2.05) is 6.92 Å². The van der Waals surface area contributed by atoms with E-state index in [2.05, 4.69) is 6.92 Å². The van der Waals surface area contributed by atoms with E-state index in [0.29, 0.717) is 18.1 Å². The minimum absolute atomic E-state index is 0.0570. The van der Waals surface area contributed by atoms with E-state index < -0.39 is 0 Å². The van der Waals surface area contributed by atoms with Gasteiger partial charge in [-0.25, -0.2) is 0 Å². The van der Waals surface area contributed by atoms with E-state index in [0.717, 1.165) is 32.0 Å². The quantitative estimate of drug-likeness (QED) is 0.648. The highest BCUT2D eigenvalue weighted by atomic mass is 16.1. The fraction of sp³-hybridized carbons (Fsp3) is 0.833. The lowest BCUT2D eigenvalue weighted by Gasteiger charge is -2.28. The molecule has 1 aliphatic carbocycles. The van der Waals surface area contributed by atoms with Crippen molar-refractivity contribution >= 4 is 12.1 Å². The lowest BCUT2D eigenvalue weighted by molar-refractivity contribution is -0.127. The molecule has 2 nitrogen and oxygen atoms in total. The number of carbonyl (C=O) groups excluding carboxylic acids is 2. The predicted octanol–water partition coefficient (Wildman–Crippen LogP) is 2.61. The maximum absolute atomic E-state index is 11.7. The lowest BCUT2D eigenvalue weighted by Crippen LogP contribution is -2.28. The van der Waals surface area contributed by atoms with Crippen molar-refractivity contribution in [2.45, 2.75) is 46.0 Å². The first kappa shape index (κ1) is 11.4. The zero-order chi connectivity index (χ0) is 10.6. The summed E-state index contributed by atoms with van der Waals surface area (Å²) in [7, 11) is 0. The van der Waals surface area contributed by atoms with Gasteiger partial charge in [-0.15, -0.1) is 0 Å². The van der Waals surface area contributed by atoms with Gasteiger partial charge in [-0.1, -0.05) is 20.3 Å². The Morgan fingerprint density at radius 2 is 2.21 bits per heavy atom. The van der Waals surface area contributed by atoms with Gasteiger partial charge in [0.2, 0.25) is 0 Å². The van der Waals surface area contributed by atoms with E-state index >= 15 is 0 Å². The highest BCUT2D eigenvalue weighted by Crippen LogP contribution is 2.32. The Morgan fingerprint density at radius 3 is 2.71 bits per heavy atom. The Hall–Kier alpha value is -0.660. The lowest BCUT2D eigenvalue weighted by atomic mass is 9.75. The number of carbonyl (C=O) groups is 2. The number of hydrogen-bond donors (Lipinski definition) is 0. The van der Waals surface area contributed by atoms with Crippen molar-refractivity contribution in [2.24, 2.45) is 17.8 Å². The van der Waals surface area contributed by atoms with Crippen LogP contribution in [0, 0.1) is 17.8 Å². The minimum Gasteiger partial charge on any atom is -0.303 e. The predicted molar refractivity (Wildman–Crippen MR) is 56.0 cm³/mol. The molecule has 3 unspecified atom stereocenters. The molecule has 0 bridgehead atoms. The molecule has 1 rings (SSSR count). The summed E-state index contributed by atoms with van der Waals surface area (Å²) in [4.78, 5) is 22.3. The van der Waals surface area contributed by atoms with Crippen LogP contribution < -0.4 is 0 Å². The molecular weight excluding hydrogens is 176 g/mol. The first-order valence-corrected chi connectivity index (χ1v) is 5.67. The summed E-state index contributed by atoms with van der Waals surface area (Å²) in [5.74, 6) is 1.04. The largest absolute Gasteiger partial charge is 0.303 e. The van der Waals surface area contributed by atoms with Crippen molar-refractivity contribution in [2.75, 3.05) is 0 Å². The number of hydrogen-bond acceptors (Lipinski definition) is 2. The first-order valence-electron chi connectivity index (χ1n) is 5.67. The standard InChI is InChI=1S/C12H20O2/c1-3-4-10-5-6-11(7-12(10)14)9(2)8-13/h8-11H,3-7H2,1-2H3. The zero-order valence-electron chi connectivity index (χ0n) is 9.16. The molecule has 80 valence electrons. The number of Topliss-reactive ketones (excluding diaryl/α,β-unsaturated/α-hetero) is 1. The molecule has 14 heavy (non-hydrogen) atoms. The average Bonchev–Trinajstić information content (AvgIpc) is 2.20. The van der Waals surface area contributed by atoms with Gasteiger partial charge in [0.25, 0.3) is 0 Å². The maximum atomic E-state index is 11.7. The maximum Gasteiger partial charge on any atom is 0.136 e. The Bertz CT molecular complexity index is 210. The second-order valence-corrected chi connectivity index (χ2v) is 4.49. The normalized spacial score (nSPS) is 30.0. The van der Waals surface area contributed by atoms with Gasteiger partial charge in [0.1, 0.15) is 12.1 Å². The van der Waals surface area contributed by atoms with Crippen LogP contribution in [-0.4, -0.2) is 12.1 Å². The molecule has 0 N–H and O–H groups in total. The Morgan fingerprint density at radius 1 is 1.50 bits per heavy atom. The van der Waals surface area contributed by atoms with Crippen molar-refractivity contribution in [1.82, 2.24) is 0 Å². The van der Waals surface area contributed by atoms with E-state index in [1.165, 1.54) is 0 Å². The molecule has 1 saturated carbocycles. The highest BCUT2D eigenvalue weighted by Gasteiger charge is 2.30. The number of rotatable bonds is 4. The molecule has 1 fully saturated rings. The Kier molecular flexibility index (Phi) is 4.30. The summed E-state index contributed by atoms with van der Waals surface area (Å²) in [5.41, 5.74) is 0. The van der Waals surface area contributed by atoms with Gasteiger partial charge < -0.3 is 4.79 Å². The topological polar surface area (TPSA) is 34.1 Å². The van der Waals surface area contributed by atoms with Gasteiger partial charge in [-0.3, -0.25) is 4.79 Å². The van der Waals surface area contributed by atoms with E-state index in [9.17, 15) is 9.59 Å². The molecule has 0 spiro atoms. The summed E-state index contributed by atoms with van der Waals surface area (Å²) < 4.78 is 0. The summed E-state index contributed by atoms with van der Waals surface area (Å²) in [6.07, 6.45) is 5.78. The van der Waals surface area contributed by atoms with Crippen LogP contribution in [0.5, 0.6) is 0 Å². The molecule has 0 aromatic heterocycles. The molecule has 3 atom stereocenters.